The highest BCUT2D eigenvalue weighted by Crippen LogP contribution is 2.22. The molecule has 0 spiro atoms. The SMILES string of the molecule is Cn1ccnc1CC(CSc1ccccc1F)NN. The molecule has 0 saturated carbocycles. The van der Waals surface area contributed by atoms with Crippen molar-refractivity contribution in [1.82, 2.24) is 15.0 Å². The monoisotopic (exact) mass is 280 g/mol. The van der Waals surface area contributed by atoms with Gasteiger partial charge in [-0.1, -0.05) is 12.1 Å². The summed E-state index contributed by atoms with van der Waals surface area (Å²) in [5, 5.41) is 0. The highest BCUT2D eigenvalue weighted by Gasteiger charge is 2.12. The van der Waals surface area contributed by atoms with Crippen LogP contribution in [-0.2, 0) is 13.5 Å². The number of thioether (sulfide) groups is 1. The third-order valence-electron chi connectivity index (χ3n) is 2.86. The first-order chi connectivity index (χ1) is 9.20. The number of aryl methyl sites for hydroxylation is 1. The van der Waals surface area contributed by atoms with Gasteiger partial charge in [-0.05, 0) is 12.1 Å². The molecule has 0 radical (unpaired) electrons. The Morgan fingerprint density at radius 3 is 2.89 bits per heavy atom. The highest BCUT2D eigenvalue weighted by atomic mass is 32.2. The van der Waals surface area contributed by atoms with Gasteiger partial charge in [-0.2, -0.15) is 0 Å². The number of benzene rings is 1. The highest BCUT2D eigenvalue weighted by molar-refractivity contribution is 7.99. The molecule has 1 aromatic heterocycles. The maximum Gasteiger partial charge on any atom is 0.136 e. The zero-order valence-corrected chi connectivity index (χ0v) is 11.5. The van der Waals surface area contributed by atoms with E-state index < -0.39 is 0 Å². The smallest absolute Gasteiger partial charge is 0.136 e. The number of nitrogens with two attached hydrogens (primary N) is 1. The van der Waals surface area contributed by atoms with Crippen molar-refractivity contribution in [2.75, 3.05) is 5.75 Å². The second-order valence-electron chi connectivity index (χ2n) is 4.26. The lowest BCUT2D eigenvalue weighted by molar-refractivity contribution is 0.551. The Bertz CT molecular complexity index is 529. The first kappa shape index (κ1) is 14.0. The van der Waals surface area contributed by atoms with Crippen LogP contribution in [0.5, 0.6) is 0 Å². The first-order valence-electron chi connectivity index (χ1n) is 6.00. The van der Waals surface area contributed by atoms with Crippen molar-refractivity contribution in [2.24, 2.45) is 12.9 Å². The maximum absolute atomic E-state index is 13.5. The van der Waals surface area contributed by atoms with Gasteiger partial charge in [0.15, 0.2) is 0 Å². The summed E-state index contributed by atoms with van der Waals surface area (Å²) in [7, 11) is 1.94. The van der Waals surface area contributed by atoms with Gasteiger partial charge in [0.1, 0.15) is 11.6 Å². The number of nitrogens with zero attached hydrogens (tertiary/aromatic N) is 2. The minimum absolute atomic E-state index is 0.0470. The second kappa shape index (κ2) is 6.70. The molecule has 0 aliphatic heterocycles. The van der Waals surface area contributed by atoms with Crippen LogP contribution < -0.4 is 11.3 Å². The van der Waals surface area contributed by atoms with E-state index in [0.717, 1.165) is 5.82 Å². The van der Waals surface area contributed by atoms with Crippen molar-refractivity contribution in [3.63, 3.8) is 0 Å². The predicted molar refractivity (Wildman–Crippen MR) is 75.1 cm³/mol. The van der Waals surface area contributed by atoms with E-state index in [0.29, 0.717) is 17.1 Å². The van der Waals surface area contributed by atoms with Crippen LogP contribution in [0.25, 0.3) is 0 Å². The molecular formula is C13H17FN4S. The number of hydrogen-bond acceptors (Lipinski definition) is 4. The lowest BCUT2D eigenvalue weighted by atomic mass is 10.2. The molecule has 102 valence electrons. The third kappa shape index (κ3) is 3.79. The fourth-order valence-electron chi connectivity index (χ4n) is 1.73. The molecule has 3 N–H and O–H groups in total. The van der Waals surface area contributed by atoms with Gasteiger partial charge in [0.2, 0.25) is 0 Å². The number of hydrogen-bond donors (Lipinski definition) is 2. The van der Waals surface area contributed by atoms with Crippen LogP contribution in [0.2, 0.25) is 0 Å². The van der Waals surface area contributed by atoms with Crippen LogP contribution in [0.3, 0.4) is 0 Å². The summed E-state index contributed by atoms with van der Waals surface area (Å²) < 4.78 is 15.5. The van der Waals surface area contributed by atoms with E-state index in [2.05, 4.69) is 10.4 Å². The quantitative estimate of drug-likeness (QED) is 0.481. The molecule has 1 heterocycles. The molecule has 0 aliphatic carbocycles. The van der Waals surface area contributed by atoms with Crippen LogP contribution >= 0.6 is 11.8 Å². The van der Waals surface area contributed by atoms with E-state index in [4.69, 9.17) is 5.84 Å². The molecule has 1 unspecified atom stereocenters. The lowest BCUT2D eigenvalue weighted by Gasteiger charge is -2.15. The predicted octanol–water partition coefficient (Wildman–Crippen LogP) is 1.73. The van der Waals surface area contributed by atoms with E-state index in [1.54, 1.807) is 18.3 Å². The van der Waals surface area contributed by atoms with Gasteiger partial charge in [-0.3, -0.25) is 11.3 Å². The number of hydrazine groups is 1. The molecule has 2 aromatic rings. The van der Waals surface area contributed by atoms with Crippen molar-refractivity contribution in [1.29, 1.82) is 0 Å². The molecule has 4 nitrogen and oxygen atoms in total. The van der Waals surface area contributed by atoms with E-state index in [1.165, 1.54) is 17.8 Å². The average Bonchev–Trinajstić information content (AvgIpc) is 2.81. The molecular weight excluding hydrogens is 263 g/mol. The van der Waals surface area contributed by atoms with Crippen molar-refractivity contribution in [2.45, 2.75) is 17.4 Å². The van der Waals surface area contributed by atoms with E-state index >= 15 is 0 Å². The van der Waals surface area contributed by atoms with Gasteiger partial charge >= 0.3 is 0 Å². The van der Waals surface area contributed by atoms with Gasteiger partial charge in [0.05, 0.1) is 0 Å². The Balaban J connectivity index is 1.93. The molecule has 0 bridgehead atoms. The first-order valence-corrected chi connectivity index (χ1v) is 6.99. The minimum atomic E-state index is -0.194. The van der Waals surface area contributed by atoms with E-state index in [9.17, 15) is 4.39 Å². The van der Waals surface area contributed by atoms with Gasteiger partial charge in [-0.15, -0.1) is 11.8 Å². The molecule has 0 amide bonds. The summed E-state index contributed by atoms with van der Waals surface area (Å²) in [5.74, 6) is 6.99. The molecule has 2 rings (SSSR count). The Morgan fingerprint density at radius 2 is 2.26 bits per heavy atom. The molecule has 0 fully saturated rings. The average molecular weight is 280 g/mol. The fourth-order valence-corrected chi connectivity index (χ4v) is 2.71. The molecule has 19 heavy (non-hydrogen) atoms. The third-order valence-corrected chi connectivity index (χ3v) is 4.07. The minimum Gasteiger partial charge on any atom is -0.338 e. The maximum atomic E-state index is 13.5. The molecule has 1 aromatic carbocycles. The second-order valence-corrected chi connectivity index (χ2v) is 5.33. The zero-order valence-electron chi connectivity index (χ0n) is 10.7. The summed E-state index contributed by atoms with van der Waals surface area (Å²) in [6.45, 7) is 0. The Kier molecular flexibility index (Phi) is 4.95. The molecule has 1 atom stereocenters. The number of nitrogens with one attached hydrogen (secondary N) is 1. The van der Waals surface area contributed by atoms with Gasteiger partial charge < -0.3 is 4.57 Å². The Morgan fingerprint density at radius 1 is 1.47 bits per heavy atom. The summed E-state index contributed by atoms with van der Waals surface area (Å²) in [6, 6.07) is 6.80. The Hall–Kier alpha value is -1.37. The summed E-state index contributed by atoms with van der Waals surface area (Å²) >= 11 is 1.45. The van der Waals surface area contributed by atoms with Crippen LogP contribution in [-0.4, -0.2) is 21.3 Å². The van der Waals surface area contributed by atoms with E-state index in [1.807, 2.05) is 23.9 Å². The van der Waals surface area contributed by atoms with Crippen LogP contribution in [0, 0.1) is 5.82 Å². The fraction of sp³-hybridized carbons (Fsp3) is 0.308. The zero-order chi connectivity index (χ0) is 13.7. The van der Waals surface area contributed by atoms with E-state index in [-0.39, 0.29) is 11.9 Å². The molecule has 6 heteroatoms. The number of halogens is 1. The molecule has 0 aliphatic rings. The summed E-state index contributed by atoms with van der Waals surface area (Å²) in [6.07, 6.45) is 4.36. The van der Waals surface area contributed by atoms with Gasteiger partial charge in [0.25, 0.3) is 0 Å². The largest absolute Gasteiger partial charge is 0.338 e. The number of rotatable bonds is 6. The van der Waals surface area contributed by atoms with Crippen molar-refractivity contribution in [3.8, 4) is 0 Å². The van der Waals surface area contributed by atoms with Crippen LogP contribution in [0.1, 0.15) is 5.82 Å². The van der Waals surface area contributed by atoms with Gasteiger partial charge in [-0.25, -0.2) is 9.37 Å². The van der Waals surface area contributed by atoms with Crippen molar-refractivity contribution in [3.05, 3.63) is 48.3 Å². The number of imidazole rings is 1. The summed E-state index contributed by atoms with van der Waals surface area (Å²) in [4.78, 5) is 4.90. The Labute approximate surface area is 116 Å². The normalized spacial score (nSPS) is 12.6. The lowest BCUT2D eigenvalue weighted by Crippen LogP contribution is -2.39. The van der Waals surface area contributed by atoms with Crippen LogP contribution in [0.15, 0.2) is 41.6 Å². The number of aromatic nitrogens is 2. The summed E-state index contributed by atoms with van der Waals surface area (Å²) in [5.41, 5.74) is 2.76. The topological polar surface area (TPSA) is 55.9 Å². The van der Waals surface area contributed by atoms with Crippen molar-refractivity contribution >= 4 is 11.8 Å². The van der Waals surface area contributed by atoms with Crippen LogP contribution in [0.4, 0.5) is 4.39 Å². The van der Waals surface area contributed by atoms with Gasteiger partial charge in [0, 0.05) is 42.6 Å². The van der Waals surface area contributed by atoms with Crippen molar-refractivity contribution < 1.29 is 4.39 Å². The molecule has 0 saturated heterocycles. The standard InChI is InChI=1S/C13H17FN4S/c1-18-7-6-16-13(18)8-10(17-15)9-19-12-5-3-2-4-11(12)14/h2-7,10,17H,8-9,15H2,1H3.